The lowest BCUT2D eigenvalue weighted by Gasteiger charge is -2.13. The van der Waals surface area contributed by atoms with Crippen molar-refractivity contribution in [3.63, 3.8) is 0 Å². The van der Waals surface area contributed by atoms with E-state index in [4.69, 9.17) is 44.3 Å². The van der Waals surface area contributed by atoms with Gasteiger partial charge in [-0.15, -0.1) is 0 Å². The number of imide groups is 1. The van der Waals surface area contributed by atoms with Crippen molar-refractivity contribution in [1.29, 1.82) is 0 Å². The number of halogens is 3. The van der Waals surface area contributed by atoms with Crippen LogP contribution < -0.4 is 9.47 Å². The highest BCUT2D eigenvalue weighted by Gasteiger charge is 2.35. The van der Waals surface area contributed by atoms with Crippen LogP contribution in [0.15, 0.2) is 65.6 Å². The molecule has 0 aromatic heterocycles. The highest BCUT2D eigenvalue weighted by molar-refractivity contribution is 8.18. The van der Waals surface area contributed by atoms with Crippen LogP contribution in [0.1, 0.15) is 16.7 Å². The van der Waals surface area contributed by atoms with Gasteiger partial charge >= 0.3 is 0 Å². The van der Waals surface area contributed by atoms with Crippen molar-refractivity contribution in [3.8, 4) is 11.5 Å². The van der Waals surface area contributed by atoms with Crippen LogP contribution >= 0.6 is 46.6 Å². The van der Waals surface area contributed by atoms with Gasteiger partial charge in [0.1, 0.15) is 6.61 Å². The third-order valence-electron chi connectivity index (χ3n) is 5.02. The van der Waals surface area contributed by atoms with Gasteiger partial charge in [-0.1, -0.05) is 65.1 Å². The number of carbonyl (C=O) groups is 2. The second kappa shape index (κ2) is 10.7. The molecular weight excluding hydrogens is 517 g/mol. The molecule has 0 spiro atoms. The Morgan fingerprint density at radius 1 is 0.912 bits per heavy atom. The maximum Gasteiger partial charge on any atom is 0.293 e. The van der Waals surface area contributed by atoms with Crippen LogP contribution in [0.25, 0.3) is 6.08 Å². The minimum Gasteiger partial charge on any atom is -0.493 e. The molecule has 2 amide bonds. The van der Waals surface area contributed by atoms with E-state index in [2.05, 4.69) is 0 Å². The summed E-state index contributed by atoms with van der Waals surface area (Å²) in [5, 5.41) is 1.02. The van der Waals surface area contributed by atoms with Crippen LogP contribution in [-0.4, -0.2) is 23.2 Å². The van der Waals surface area contributed by atoms with Crippen molar-refractivity contribution >= 4 is 63.8 Å². The highest BCUT2D eigenvalue weighted by atomic mass is 35.5. The van der Waals surface area contributed by atoms with Gasteiger partial charge in [0.05, 0.1) is 28.6 Å². The number of methoxy groups -OCH3 is 1. The number of benzene rings is 3. The third kappa shape index (κ3) is 5.53. The zero-order chi connectivity index (χ0) is 24.2. The van der Waals surface area contributed by atoms with Gasteiger partial charge in [0.2, 0.25) is 0 Å². The number of amides is 2. The van der Waals surface area contributed by atoms with Crippen LogP contribution in [0.4, 0.5) is 4.79 Å². The van der Waals surface area contributed by atoms with Crippen LogP contribution in [0, 0.1) is 0 Å². The number of hydrogen-bond donors (Lipinski definition) is 0. The quantitative estimate of drug-likeness (QED) is 0.294. The van der Waals surface area contributed by atoms with Gasteiger partial charge in [-0.25, -0.2) is 0 Å². The van der Waals surface area contributed by atoms with Gasteiger partial charge in [-0.2, -0.15) is 0 Å². The molecule has 0 radical (unpaired) electrons. The molecule has 0 unspecified atom stereocenters. The molecule has 3 aromatic rings. The summed E-state index contributed by atoms with van der Waals surface area (Å²) in [5.74, 6) is 0.651. The number of nitrogens with zero attached hydrogens (tertiary/aromatic N) is 1. The van der Waals surface area contributed by atoms with Crippen LogP contribution in [0.2, 0.25) is 15.1 Å². The number of rotatable bonds is 7. The Labute approximate surface area is 216 Å². The molecule has 1 aliphatic heterocycles. The lowest BCUT2D eigenvalue weighted by molar-refractivity contribution is -0.123. The molecule has 1 aliphatic rings. The molecule has 1 saturated heterocycles. The lowest BCUT2D eigenvalue weighted by Crippen LogP contribution is -2.27. The van der Waals surface area contributed by atoms with Crippen molar-refractivity contribution in [2.24, 2.45) is 0 Å². The fraction of sp³-hybridized carbons (Fsp3) is 0.120. The molecule has 3 aromatic carbocycles. The van der Waals surface area contributed by atoms with E-state index in [0.717, 1.165) is 17.3 Å². The molecule has 0 aliphatic carbocycles. The van der Waals surface area contributed by atoms with E-state index < -0.39 is 0 Å². The lowest BCUT2D eigenvalue weighted by atomic mass is 10.1. The molecule has 9 heteroatoms. The van der Waals surface area contributed by atoms with Gasteiger partial charge in [0.15, 0.2) is 11.5 Å². The van der Waals surface area contributed by atoms with Gasteiger partial charge in [0.25, 0.3) is 11.1 Å². The van der Waals surface area contributed by atoms with E-state index in [1.807, 2.05) is 18.2 Å². The topological polar surface area (TPSA) is 55.8 Å². The molecule has 0 atom stereocenters. The summed E-state index contributed by atoms with van der Waals surface area (Å²) in [6.07, 6.45) is 1.65. The largest absolute Gasteiger partial charge is 0.493 e. The molecule has 0 saturated carbocycles. The first-order chi connectivity index (χ1) is 16.4. The van der Waals surface area contributed by atoms with E-state index in [1.54, 1.807) is 55.7 Å². The predicted molar refractivity (Wildman–Crippen MR) is 137 cm³/mol. The van der Waals surface area contributed by atoms with Gasteiger partial charge in [0, 0.05) is 10.6 Å². The molecule has 1 fully saturated rings. The maximum absolute atomic E-state index is 12.9. The normalized spacial score (nSPS) is 14.7. The van der Waals surface area contributed by atoms with Crippen molar-refractivity contribution in [3.05, 3.63) is 97.3 Å². The number of ether oxygens (including phenoxy) is 2. The fourth-order valence-corrected chi connectivity index (χ4v) is 4.62. The van der Waals surface area contributed by atoms with Gasteiger partial charge in [-0.05, 0) is 59.3 Å². The predicted octanol–water partition coefficient (Wildman–Crippen LogP) is 7.47. The zero-order valence-corrected chi connectivity index (χ0v) is 21.0. The van der Waals surface area contributed by atoms with E-state index in [-0.39, 0.29) is 24.3 Å². The van der Waals surface area contributed by atoms with E-state index >= 15 is 0 Å². The monoisotopic (exact) mass is 533 g/mol. The SMILES string of the molecule is COc1ccc(/C=C2\SC(=O)N(Cc3ccc(Cl)c(Cl)c3)C2=O)cc1OCc1ccccc1Cl. The van der Waals surface area contributed by atoms with Crippen molar-refractivity contribution in [2.45, 2.75) is 13.2 Å². The van der Waals surface area contributed by atoms with Crippen molar-refractivity contribution in [1.82, 2.24) is 4.90 Å². The van der Waals surface area contributed by atoms with Crippen LogP contribution in [0.5, 0.6) is 11.5 Å². The summed E-state index contributed by atoms with van der Waals surface area (Å²) < 4.78 is 11.3. The zero-order valence-electron chi connectivity index (χ0n) is 17.9. The molecule has 1 heterocycles. The molecule has 174 valence electrons. The van der Waals surface area contributed by atoms with Crippen LogP contribution in [-0.2, 0) is 17.9 Å². The second-order valence-electron chi connectivity index (χ2n) is 7.31. The average molecular weight is 535 g/mol. The Morgan fingerprint density at radius 2 is 1.71 bits per heavy atom. The Balaban J connectivity index is 1.53. The number of carbonyl (C=O) groups excluding carboxylic acids is 2. The highest BCUT2D eigenvalue weighted by Crippen LogP contribution is 2.36. The average Bonchev–Trinajstić information content (AvgIpc) is 3.08. The summed E-state index contributed by atoms with van der Waals surface area (Å²) in [5.41, 5.74) is 2.23. The first-order valence-corrected chi connectivity index (χ1v) is 12.0. The van der Waals surface area contributed by atoms with Gasteiger partial charge < -0.3 is 9.47 Å². The third-order valence-corrected chi connectivity index (χ3v) is 7.04. The number of hydrogen-bond acceptors (Lipinski definition) is 5. The minimum atomic E-state index is -0.379. The Bertz CT molecular complexity index is 1290. The van der Waals surface area contributed by atoms with E-state index in [1.165, 1.54) is 4.90 Å². The molecule has 5 nitrogen and oxygen atoms in total. The fourth-order valence-electron chi connectivity index (χ4n) is 3.28. The standard InChI is InChI=1S/C25H18Cl3NO4S/c1-32-21-9-7-15(11-22(21)33-14-17-4-2-3-5-18(17)26)12-23-24(30)29(25(31)34-23)13-16-6-8-19(27)20(28)10-16/h2-12H,13-14H2,1H3/b23-12-. The Morgan fingerprint density at radius 3 is 2.44 bits per heavy atom. The second-order valence-corrected chi connectivity index (χ2v) is 9.52. The molecule has 0 bridgehead atoms. The van der Waals surface area contributed by atoms with E-state index in [9.17, 15) is 9.59 Å². The molecule has 0 N–H and O–H groups in total. The Hall–Kier alpha value is -2.64. The van der Waals surface area contributed by atoms with Crippen LogP contribution in [0.3, 0.4) is 0 Å². The summed E-state index contributed by atoms with van der Waals surface area (Å²) in [7, 11) is 1.55. The molecule has 4 rings (SSSR count). The smallest absolute Gasteiger partial charge is 0.293 e. The Kier molecular flexibility index (Phi) is 7.73. The minimum absolute atomic E-state index is 0.105. The summed E-state index contributed by atoms with van der Waals surface area (Å²) in [6, 6.07) is 17.7. The summed E-state index contributed by atoms with van der Waals surface area (Å²) in [4.78, 5) is 26.9. The number of thioether (sulfide) groups is 1. The first-order valence-electron chi connectivity index (χ1n) is 10.1. The molecular formula is C25H18Cl3NO4S. The maximum atomic E-state index is 12.9. The summed E-state index contributed by atoms with van der Waals surface area (Å²) in [6.45, 7) is 0.355. The van der Waals surface area contributed by atoms with Crippen molar-refractivity contribution in [2.75, 3.05) is 7.11 Å². The molecule has 34 heavy (non-hydrogen) atoms. The summed E-state index contributed by atoms with van der Waals surface area (Å²) >= 11 is 19.1. The van der Waals surface area contributed by atoms with E-state index in [0.29, 0.717) is 42.6 Å². The van der Waals surface area contributed by atoms with Gasteiger partial charge in [-0.3, -0.25) is 14.5 Å². The van der Waals surface area contributed by atoms with Crippen molar-refractivity contribution < 1.29 is 19.1 Å². The first kappa shape index (κ1) is 24.5.